The Kier molecular flexibility index (Phi) is 6.58. The Morgan fingerprint density at radius 2 is 2.00 bits per heavy atom. The molecule has 1 aromatic carbocycles. The number of benzene rings is 1. The molecule has 1 aliphatic carbocycles. The first kappa shape index (κ1) is 23.4. The van der Waals surface area contributed by atoms with E-state index in [-0.39, 0.29) is 6.04 Å². The van der Waals surface area contributed by atoms with E-state index in [0.717, 1.165) is 24.9 Å². The van der Waals surface area contributed by atoms with E-state index in [1.807, 2.05) is 11.2 Å². The van der Waals surface area contributed by atoms with Crippen LogP contribution in [0.1, 0.15) is 46.1 Å². The lowest BCUT2D eigenvalue weighted by atomic mass is 10.0. The number of carboxylic acid groups (broad SMARTS) is 1. The minimum absolute atomic E-state index is 0.227. The molecule has 0 spiro atoms. The average Bonchev–Trinajstić information content (AvgIpc) is 2.69. The van der Waals surface area contributed by atoms with Gasteiger partial charge in [-0.2, -0.15) is 0 Å². The molecular weight excluding hydrogens is 412 g/mol. The second kappa shape index (κ2) is 8.71. The minimum Gasteiger partial charge on any atom is -0.478 e. The molecule has 1 aromatic rings. The predicted octanol–water partition coefficient (Wildman–Crippen LogP) is 3.86. The van der Waals surface area contributed by atoms with Crippen LogP contribution in [0.5, 0.6) is 5.75 Å². The summed E-state index contributed by atoms with van der Waals surface area (Å²) >= 11 is 0. The monoisotopic (exact) mass is 446 g/mol. The molecule has 2 aliphatic rings. The van der Waals surface area contributed by atoms with Crippen molar-refractivity contribution in [3.63, 3.8) is 0 Å². The van der Waals surface area contributed by atoms with Crippen LogP contribution < -0.4 is 4.74 Å². The van der Waals surface area contributed by atoms with Crippen molar-refractivity contribution in [3.05, 3.63) is 47.2 Å². The molecule has 0 amide bonds. The van der Waals surface area contributed by atoms with E-state index < -0.39 is 21.3 Å². The van der Waals surface area contributed by atoms with Crippen LogP contribution in [0, 0.1) is 6.92 Å². The zero-order chi connectivity index (χ0) is 23.0. The average molecular weight is 447 g/mol. The number of hydrogen-bond acceptors (Lipinski definition) is 4. The topological polar surface area (TPSA) is 70.1 Å². The number of aryl methyl sites for hydroxylation is 1. The van der Waals surface area contributed by atoms with Crippen molar-refractivity contribution in [1.29, 1.82) is 0 Å². The molecule has 1 N–H and O–H groups in total. The van der Waals surface area contributed by atoms with Crippen molar-refractivity contribution in [2.24, 2.45) is 0 Å². The highest BCUT2D eigenvalue weighted by Gasteiger charge is 2.32. The molecule has 0 aromatic heterocycles. The number of rotatable bonds is 6. The van der Waals surface area contributed by atoms with Gasteiger partial charge in [0.25, 0.3) is 0 Å². The van der Waals surface area contributed by atoms with Gasteiger partial charge in [0.1, 0.15) is 5.75 Å². The van der Waals surface area contributed by atoms with E-state index in [4.69, 9.17) is 4.74 Å². The van der Waals surface area contributed by atoms with Gasteiger partial charge in [0, 0.05) is 36.3 Å². The van der Waals surface area contributed by atoms with Crippen LogP contribution in [-0.2, 0) is 14.5 Å². The summed E-state index contributed by atoms with van der Waals surface area (Å²) in [6.07, 6.45) is 6.75. The van der Waals surface area contributed by atoms with Crippen molar-refractivity contribution >= 4 is 21.5 Å². The van der Waals surface area contributed by atoms with E-state index in [0.29, 0.717) is 23.7 Å². The van der Waals surface area contributed by atoms with Gasteiger partial charge in [0.2, 0.25) is 0 Å². The molecule has 2 unspecified atom stereocenters. The van der Waals surface area contributed by atoms with Crippen LogP contribution in [0.4, 0.5) is 0 Å². The number of piperazine rings is 1. The zero-order valence-corrected chi connectivity index (χ0v) is 20.0. The molecule has 31 heavy (non-hydrogen) atoms. The van der Waals surface area contributed by atoms with Gasteiger partial charge >= 0.3 is 5.97 Å². The number of nitrogens with zero attached hydrogens (tertiary/aromatic N) is 2. The van der Waals surface area contributed by atoms with Gasteiger partial charge in [-0.1, -0.05) is 11.6 Å². The Balaban J connectivity index is 1.76. The first-order valence-electron chi connectivity index (χ1n) is 10.7. The van der Waals surface area contributed by atoms with Gasteiger partial charge < -0.3 is 14.7 Å². The highest BCUT2D eigenvalue weighted by molar-refractivity contribution is 7.98. The fourth-order valence-corrected chi connectivity index (χ4v) is 5.78. The molecule has 1 fully saturated rings. The third-order valence-corrected chi connectivity index (χ3v) is 8.18. The largest absolute Gasteiger partial charge is 0.478 e. The summed E-state index contributed by atoms with van der Waals surface area (Å²) in [4.78, 5) is 14.4. The van der Waals surface area contributed by atoms with Crippen molar-refractivity contribution in [1.82, 2.24) is 9.21 Å². The van der Waals surface area contributed by atoms with Crippen LogP contribution in [-0.4, -0.2) is 61.6 Å². The number of allylic oxidation sites excluding steroid dienone is 3. The molecule has 0 bridgehead atoms. The van der Waals surface area contributed by atoms with Gasteiger partial charge in [-0.3, -0.25) is 0 Å². The second-order valence-electron chi connectivity index (χ2n) is 9.07. The summed E-state index contributed by atoms with van der Waals surface area (Å²) in [6.45, 7) is 11.3. The maximum absolute atomic E-state index is 13.7. The normalized spacial score (nSPS) is 22.4. The fourth-order valence-electron chi connectivity index (χ4n) is 4.01. The summed E-state index contributed by atoms with van der Waals surface area (Å²) in [5.74, 6) is 3.52. The number of hydrogen-bond donors (Lipinski definition) is 1. The van der Waals surface area contributed by atoms with E-state index >= 15 is 0 Å². The summed E-state index contributed by atoms with van der Waals surface area (Å²) in [6, 6.07) is 5.46. The molecule has 1 heterocycles. The van der Waals surface area contributed by atoms with Crippen LogP contribution in [0.3, 0.4) is 0 Å². The van der Waals surface area contributed by atoms with Gasteiger partial charge in [-0.15, -0.1) is 0 Å². The van der Waals surface area contributed by atoms with E-state index in [9.17, 15) is 14.1 Å². The molecule has 0 saturated carbocycles. The van der Waals surface area contributed by atoms with Gasteiger partial charge in [-0.25, -0.2) is 13.3 Å². The fraction of sp³-hybridized carbons (Fsp3) is 0.500. The lowest BCUT2D eigenvalue weighted by Gasteiger charge is -2.43. The number of aliphatic carboxylic acids is 1. The third-order valence-electron chi connectivity index (χ3n) is 6.02. The first-order valence-corrected chi connectivity index (χ1v) is 12.4. The zero-order valence-electron chi connectivity index (χ0n) is 19.2. The summed E-state index contributed by atoms with van der Waals surface area (Å²) in [5.41, 5.74) is 2.06. The van der Waals surface area contributed by atoms with Crippen molar-refractivity contribution in [2.75, 3.05) is 19.6 Å². The van der Waals surface area contributed by atoms with Crippen LogP contribution in [0.25, 0.3) is 0 Å². The lowest BCUT2D eigenvalue weighted by molar-refractivity contribution is -0.152. The lowest BCUT2D eigenvalue weighted by Crippen LogP contribution is -2.52. The predicted molar refractivity (Wildman–Crippen MR) is 126 cm³/mol. The third kappa shape index (κ3) is 4.99. The van der Waals surface area contributed by atoms with E-state index in [1.54, 1.807) is 18.2 Å². The number of carboxylic acids is 1. The summed E-state index contributed by atoms with van der Waals surface area (Å²) in [7, 11) is -2.66. The van der Waals surface area contributed by atoms with Crippen molar-refractivity contribution < 1.29 is 18.8 Å². The number of carbonyl (C=O) groups is 1. The first-order chi connectivity index (χ1) is 14.4. The summed E-state index contributed by atoms with van der Waals surface area (Å²) in [5, 5.41) is 9.30. The Morgan fingerprint density at radius 1 is 1.29 bits per heavy atom. The van der Waals surface area contributed by atoms with Crippen molar-refractivity contribution in [3.8, 4) is 5.75 Å². The highest BCUT2D eigenvalue weighted by Crippen LogP contribution is 2.29. The van der Waals surface area contributed by atoms with Gasteiger partial charge in [-0.05, 0) is 83.2 Å². The molecule has 1 aliphatic heterocycles. The van der Waals surface area contributed by atoms with Crippen LogP contribution in [0.2, 0.25) is 0 Å². The standard InChI is InChI=1S/C24H34N2O4S/c1-17-8-7-9-20(14-17)26-13-12-25(16-19(26)3)31(6,29)21-10-11-22(18(2)15-21)30-24(4,5)23(27)28/h9-11,14-15,19H,6-8,12-13,16H2,1-5H3,(H,27,28). The summed E-state index contributed by atoms with van der Waals surface area (Å²) < 4.78 is 21.4. The highest BCUT2D eigenvalue weighted by atomic mass is 32.2. The molecule has 3 rings (SSSR count). The van der Waals surface area contributed by atoms with E-state index in [1.165, 1.54) is 25.1 Å². The Bertz CT molecular complexity index is 1020. The number of ether oxygens (including phenoxy) is 1. The van der Waals surface area contributed by atoms with Crippen molar-refractivity contribution in [2.45, 2.75) is 64.0 Å². The molecule has 1 saturated heterocycles. The molecule has 7 heteroatoms. The Hall–Kier alpha value is -2.25. The van der Waals surface area contributed by atoms with Gasteiger partial charge in [0.05, 0.1) is 9.71 Å². The van der Waals surface area contributed by atoms with E-state index in [2.05, 4.69) is 36.8 Å². The smallest absolute Gasteiger partial charge is 0.347 e. The molecular formula is C24H34N2O4S. The Labute approximate surface area is 186 Å². The van der Waals surface area contributed by atoms with Gasteiger partial charge in [0.15, 0.2) is 5.60 Å². The molecule has 170 valence electrons. The maximum atomic E-state index is 13.7. The molecule has 0 radical (unpaired) electrons. The van der Waals surface area contributed by atoms with Crippen LogP contribution >= 0.6 is 0 Å². The SMILES string of the molecule is C=S(=O)(c1ccc(OC(C)(C)C(=O)O)c(C)c1)N1CCN(C2=CCCC(C)=C2)C(C)C1. The maximum Gasteiger partial charge on any atom is 0.347 e. The second-order valence-corrected chi connectivity index (χ2v) is 11.3. The van der Waals surface area contributed by atoms with Crippen LogP contribution in [0.15, 0.2) is 46.5 Å². The quantitative estimate of drug-likeness (QED) is 0.672. The minimum atomic E-state index is -2.66. The Morgan fingerprint density at radius 3 is 2.58 bits per heavy atom. The molecule has 2 atom stereocenters. The molecule has 6 nitrogen and oxygen atoms in total.